The van der Waals surface area contributed by atoms with Gasteiger partial charge in [0.2, 0.25) is 0 Å². The summed E-state index contributed by atoms with van der Waals surface area (Å²) in [4.78, 5) is 21.9. The number of nitrogens with one attached hydrogen (secondary N) is 1. The second kappa shape index (κ2) is 8.71. The lowest BCUT2D eigenvalue weighted by Gasteiger charge is -2.44. The number of hydrogen-bond acceptors (Lipinski definition) is 4. The highest BCUT2D eigenvalue weighted by molar-refractivity contribution is 5.93. The number of ether oxygens (including phenoxy) is 1. The molecule has 28 heavy (non-hydrogen) atoms. The first-order valence-corrected chi connectivity index (χ1v) is 10.1. The number of piperazine rings is 1. The molecule has 0 saturated carbocycles. The van der Waals surface area contributed by atoms with Crippen LogP contribution in [0.5, 0.6) is 0 Å². The number of rotatable bonds is 3. The van der Waals surface area contributed by atoms with Crippen molar-refractivity contribution in [2.45, 2.75) is 31.8 Å². The normalized spacial score (nSPS) is 21.5. The van der Waals surface area contributed by atoms with E-state index < -0.39 is 0 Å². The van der Waals surface area contributed by atoms with Gasteiger partial charge in [0.05, 0.1) is 11.4 Å². The zero-order chi connectivity index (χ0) is 19.3. The minimum Gasteiger partial charge on any atom is -0.381 e. The summed E-state index contributed by atoms with van der Waals surface area (Å²) in [7, 11) is 0. The summed E-state index contributed by atoms with van der Waals surface area (Å²) in [5.74, 6) is 0. The van der Waals surface area contributed by atoms with Gasteiger partial charge in [0.1, 0.15) is 0 Å². The molecule has 2 saturated heterocycles. The first-order valence-electron chi connectivity index (χ1n) is 10.1. The van der Waals surface area contributed by atoms with Gasteiger partial charge in [0.15, 0.2) is 0 Å². The molecule has 2 aliphatic heterocycles. The highest BCUT2D eigenvalue weighted by atomic mass is 16.5. The molecular weight excluding hydrogens is 352 g/mol. The molecule has 148 valence electrons. The van der Waals surface area contributed by atoms with Crippen molar-refractivity contribution in [3.63, 3.8) is 0 Å². The number of hydrogen-bond donors (Lipinski definition) is 1. The van der Waals surface area contributed by atoms with Gasteiger partial charge in [-0.15, -0.1) is 0 Å². The van der Waals surface area contributed by atoms with Gasteiger partial charge in [-0.1, -0.05) is 30.3 Å². The van der Waals surface area contributed by atoms with Gasteiger partial charge in [-0.05, 0) is 31.9 Å². The van der Waals surface area contributed by atoms with Gasteiger partial charge in [-0.3, -0.25) is 9.88 Å². The molecule has 2 amide bonds. The van der Waals surface area contributed by atoms with E-state index in [1.165, 1.54) is 0 Å². The number of aromatic nitrogens is 1. The van der Waals surface area contributed by atoms with Crippen LogP contribution in [0.3, 0.4) is 0 Å². The number of carbonyl (C=O) groups excluding carboxylic acids is 1. The molecule has 0 radical (unpaired) electrons. The lowest BCUT2D eigenvalue weighted by molar-refractivity contribution is 0.00816. The molecule has 1 N–H and O–H groups in total. The smallest absolute Gasteiger partial charge is 0.322 e. The summed E-state index contributed by atoms with van der Waals surface area (Å²) in [6.45, 7) is 6.40. The van der Waals surface area contributed by atoms with Crippen molar-refractivity contribution in [3.05, 3.63) is 48.7 Å². The third-order valence-corrected chi connectivity index (χ3v) is 5.72. The fourth-order valence-electron chi connectivity index (χ4n) is 4.19. The number of urea groups is 1. The van der Waals surface area contributed by atoms with Gasteiger partial charge in [-0.2, -0.15) is 0 Å². The van der Waals surface area contributed by atoms with E-state index in [0.29, 0.717) is 6.04 Å². The number of benzene rings is 1. The van der Waals surface area contributed by atoms with E-state index in [0.717, 1.165) is 62.6 Å². The van der Waals surface area contributed by atoms with Crippen LogP contribution in [0.1, 0.15) is 19.8 Å². The SMILES string of the molecule is C[C@@H]1CN(C2CCOCC2)CCN1C(=O)Nc1cccnc1-c1ccccc1. The number of amides is 2. The lowest BCUT2D eigenvalue weighted by atomic mass is 10.0. The molecule has 6 nitrogen and oxygen atoms in total. The summed E-state index contributed by atoms with van der Waals surface area (Å²) in [6, 6.07) is 14.4. The Hall–Kier alpha value is -2.44. The Balaban J connectivity index is 1.42. The Kier molecular flexibility index (Phi) is 5.88. The van der Waals surface area contributed by atoms with E-state index in [2.05, 4.69) is 22.1 Å². The molecule has 0 unspecified atom stereocenters. The van der Waals surface area contributed by atoms with E-state index in [1.54, 1.807) is 6.20 Å². The molecule has 1 aromatic heterocycles. The number of anilines is 1. The van der Waals surface area contributed by atoms with E-state index in [1.807, 2.05) is 47.4 Å². The number of nitrogens with zero attached hydrogens (tertiary/aromatic N) is 3. The zero-order valence-corrected chi connectivity index (χ0v) is 16.4. The average Bonchev–Trinajstić information content (AvgIpc) is 2.75. The molecule has 1 aromatic carbocycles. The predicted octanol–water partition coefficient (Wildman–Crippen LogP) is 3.47. The maximum Gasteiger partial charge on any atom is 0.322 e. The molecule has 2 fully saturated rings. The van der Waals surface area contributed by atoms with Crippen molar-refractivity contribution < 1.29 is 9.53 Å². The first kappa shape index (κ1) is 18.9. The maximum atomic E-state index is 13.0. The van der Waals surface area contributed by atoms with Crippen LogP contribution in [0.4, 0.5) is 10.5 Å². The van der Waals surface area contributed by atoms with Crippen molar-refractivity contribution in [3.8, 4) is 11.3 Å². The molecule has 3 heterocycles. The quantitative estimate of drug-likeness (QED) is 0.886. The van der Waals surface area contributed by atoms with Crippen LogP contribution >= 0.6 is 0 Å². The van der Waals surface area contributed by atoms with Gasteiger partial charge < -0.3 is 15.0 Å². The molecule has 2 aliphatic rings. The second-order valence-corrected chi connectivity index (χ2v) is 7.58. The Morgan fingerprint density at radius 1 is 1.11 bits per heavy atom. The molecule has 4 rings (SSSR count). The van der Waals surface area contributed by atoms with Crippen molar-refractivity contribution >= 4 is 11.7 Å². The largest absolute Gasteiger partial charge is 0.381 e. The van der Waals surface area contributed by atoms with Gasteiger partial charge in [0.25, 0.3) is 0 Å². The fourth-order valence-corrected chi connectivity index (χ4v) is 4.19. The van der Waals surface area contributed by atoms with E-state index in [-0.39, 0.29) is 12.1 Å². The van der Waals surface area contributed by atoms with Gasteiger partial charge in [-0.25, -0.2) is 4.79 Å². The number of pyridine rings is 1. The Morgan fingerprint density at radius 2 is 1.89 bits per heavy atom. The summed E-state index contributed by atoms with van der Waals surface area (Å²) < 4.78 is 5.48. The Bertz CT molecular complexity index is 792. The van der Waals surface area contributed by atoms with Crippen molar-refractivity contribution in [1.29, 1.82) is 0 Å². The van der Waals surface area contributed by atoms with Crippen molar-refractivity contribution in [2.75, 3.05) is 38.2 Å². The summed E-state index contributed by atoms with van der Waals surface area (Å²) in [5.41, 5.74) is 2.54. The molecule has 0 aliphatic carbocycles. The van der Waals surface area contributed by atoms with E-state index in [9.17, 15) is 4.79 Å². The Morgan fingerprint density at radius 3 is 2.64 bits per heavy atom. The molecule has 2 aromatic rings. The van der Waals surface area contributed by atoms with E-state index >= 15 is 0 Å². The minimum atomic E-state index is -0.0516. The van der Waals surface area contributed by atoms with Crippen LogP contribution < -0.4 is 5.32 Å². The minimum absolute atomic E-state index is 0.0516. The van der Waals surface area contributed by atoms with Crippen LogP contribution in [0, 0.1) is 0 Å². The van der Waals surface area contributed by atoms with Crippen LogP contribution in [0.25, 0.3) is 11.3 Å². The summed E-state index contributed by atoms with van der Waals surface area (Å²) >= 11 is 0. The predicted molar refractivity (Wildman–Crippen MR) is 110 cm³/mol. The molecular formula is C22H28N4O2. The summed E-state index contributed by atoms with van der Waals surface area (Å²) in [6.07, 6.45) is 3.94. The van der Waals surface area contributed by atoms with Crippen LogP contribution in [0.2, 0.25) is 0 Å². The van der Waals surface area contributed by atoms with Crippen LogP contribution in [-0.4, -0.2) is 65.7 Å². The standard InChI is InChI=1S/C22H28N4O2/c1-17-16-25(19-9-14-28-15-10-19)12-13-26(17)22(27)24-20-8-5-11-23-21(20)18-6-3-2-4-7-18/h2-8,11,17,19H,9-10,12-16H2,1H3,(H,24,27)/t17-/m1/s1. The fraction of sp³-hybridized carbons (Fsp3) is 0.455. The zero-order valence-electron chi connectivity index (χ0n) is 16.4. The second-order valence-electron chi connectivity index (χ2n) is 7.58. The molecule has 1 atom stereocenters. The van der Waals surface area contributed by atoms with Crippen molar-refractivity contribution in [2.24, 2.45) is 0 Å². The van der Waals surface area contributed by atoms with Gasteiger partial charge in [0, 0.05) is 56.7 Å². The lowest BCUT2D eigenvalue weighted by Crippen LogP contribution is -2.58. The van der Waals surface area contributed by atoms with Gasteiger partial charge >= 0.3 is 6.03 Å². The monoisotopic (exact) mass is 380 g/mol. The van der Waals surface area contributed by atoms with Crippen molar-refractivity contribution in [1.82, 2.24) is 14.8 Å². The third-order valence-electron chi connectivity index (χ3n) is 5.72. The average molecular weight is 380 g/mol. The van der Waals surface area contributed by atoms with Crippen LogP contribution in [-0.2, 0) is 4.74 Å². The molecule has 0 spiro atoms. The van der Waals surface area contributed by atoms with Crippen LogP contribution in [0.15, 0.2) is 48.7 Å². The highest BCUT2D eigenvalue weighted by Gasteiger charge is 2.31. The summed E-state index contributed by atoms with van der Waals surface area (Å²) in [5, 5.41) is 3.09. The number of carbonyl (C=O) groups is 1. The van der Waals surface area contributed by atoms with E-state index in [4.69, 9.17) is 4.74 Å². The topological polar surface area (TPSA) is 57.7 Å². The molecule has 6 heteroatoms. The first-order chi connectivity index (χ1) is 13.7. The third kappa shape index (κ3) is 4.18. The Labute approximate surface area is 166 Å². The maximum absolute atomic E-state index is 13.0. The molecule has 0 bridgehead atoms. The highest BCUT2D eigenvalue weighted by Crippen LogP contribution is 2.26.